The molecule has 2 unspecified atom stereocenters. The molecular formula is C15H21ClN2O4. The fraction of sp³-hybridized carbons (Fsp3) is 0.533. The molecule has 1 amide bonds. The normalized spacial score (nSPS) is 22.8. The molecule has 0 aromatic heterocycles. The largest absolute Gasteiger partial charge is 0.486 e. The number of amides is 1. The zero-order valence-corrected chi connectivity index (χ0v) is 13.0. The van der Waals surface area contributed by atoms with Crippen LogP contribution in [0.1, 0.15) is 5.56 Å². The molecule has 1 aromatic carbocycles. The molecule has 1 fully saturated rings. The van der Waals surface area contributed by atoms with Crippen LogP contribution >= 0.6 is 12.4 Å². The summed E-state index contributed by atoms with van der Waals surface area (Å²) >= 11 is 0. The fourth-order valence-corrected chi connectivity index (χ4v) is 2.62. The van der Waals surface area contributed by atoms with Gasteiger partial charge in [-0.15, -0.1) is 12.4 Å². The molecule has 0 radical (unpaired) electrons. The summed E-state index contributed by atoms with van der Waals surface area (Å²) in [4.78, 5) is 12.0. The van der Waals surface area contributed by atoms with E-state index in [4.69, 9.17) is 9.47 Å². The molecule has 1 aromatic rings. The second-order valence-electron chi connectivity index (χ2n) is 5.44. The molecule has 0 aliphatic carbocycles. The van der Waals surface area contributed by atoms with Gasteiger partial charge in [-0.05, 0) is 17.7 Å². The van der Waals surface area contributed by atoms with E-state index in [0.717, 1.165) is 17.9 Å². The Morgan fingerprint density at radius 2 is 2.05 bits per heavy atom. The van der Waals surface area contributed by atoms with Gasteiger partial charge in [0.1, 0.15) is 13.2 Å². The Labute approximate surface area is 135 Å². The topological polar surface area (TPSA) is 79.8 Å². The number of aliphatic hydroxyl groups excluding tert-OH is 1. The molecule has 6 nitrogen and oxygen atoms in total. The Kier molecular flexibility index (Phi) is 5.88. The van der Waals surface area contributed by atoms with Crippen molar-refractivity contribution < 1.29 is 19.4 Å². The van der Waals surface area contributed by atoms with Crippen molar-refractivity contribution in [3.05, 3.63) is 23.8 Å². The third kappa shape index (κ3) is 4.03. The lowest BCUT2D eigenvalue weighted by atomic mass is 10.1. The van der Waals surface area contributed by atoms with Gasteiger partial charge in [-0.3, -0.25) is 4.79 Å². The first-order chi connectivity index (χ1) is 10.2. The maximum absolute atomic E-state index is 12.0. The third-order valence-corrected chi connectivity index (χ3v) is 3.84. The van der Waals surface area contributed by atoms with Crippen LogP contribution in [-0.4, -0.2) is 50.0 Å². The highest BCUT2D eigenvalue weighted by molar-refractivity contribution is 5.85. The van der Waals surface area contributed by atoms with Crippen LogP contribution < -0.4 is 20.1 Å². The first-order valence-corrected chi connectivity index (χ1v) is 7.26. The Hall–Kier alpha value is -1.50. The van der Waals surface area contributed by atoms with Crippen molar-refractivity contribution in [3.63, 3.8) is 0 Å². The van der Waals surface area contributed by atoms with Gasteiger partial charge in [0.15, 0.2) is 11.5 Å². The first kappa shape index (κ1) is 16.9. The van der Waals surface area contributed by atoms with Crippen LogP contribution in [0.5, 0.6) is 11.5 Å². The zero-order chi connectivity index (χ0) is 14.7. The van der Waals surface area contributed by atoms with Gasteiger partial charge in [-0.1, -0.05) is 6.07 Å². The van der Waals surface area contributed by atoms with E-state index in [9.17, 15) is 9.90 Å². The average Bonchev–Trinajstić information content (AvgIpc) is 2.90. The van der Waals surface area contributed by atoms with Crippen LogP contribution in [0.2, 0.25) is 0 Å². The minimum absolute atomic E-state index is 0. The predicted octanol–water partition coefficient (Wildman–Crippen LogP) is 0.119. The number of fused-ring (bicyclic) bond motifs is 1. The van der Waals surface area contributed by atoms with E-state index in [1.807, 2.05) is 18.2 Å². The molecule has 0 spiro atoms. The second kappa shape index (κ2) is 7.67. The number of ether oxygens (including phenoxy) is 2. The lowest BCUT2D eigenvalue weighted by molar-refractivity contribution is -0.120. The van der Waals surface area contributed by atoms with Crippen LogP contribution in [0, 0.1) is 5.92 Å². The van der Waals surface area contributed by atoms with Gasteiger partial charge in [0.05, 0.1) is 12.5 Å². The molecule has 2 aliphatic rings. The number of aliphatic hydroxyl groups is 1. The fourth-order valence-electron chi connectivity index (χ4n) is 2.62. The summed E-state index contributed by atoms with van der Waals surface area (Å²) in [6, 6.07) is 5.56. The van der Waals surface area contributed by atoms with Gasteiger partial charge >= 0.3 is 0 Å². The van der Waals surface area contributed by atoms with Crippen LogP contribution in [0.25, 0.3) is 0 Å². The van der Waals surface area contributed by atoms with E-state index in [1.165, 1.54) is 0 Å². The number of carbonyl (C=O) groups excluding carboxylic acids is 1. The monoisotopic (exact) mass is 328 g/mol. The number of benzene rings is 1. The molecule has 22 heavy (non-hydrogen) atoms. The van der Waals surface area contributed by atoms with Crippen LogP contribution in [0.3, 0.4) is 0 Å². The molecule has 1 saturated heterocycles. The summed E-state index contributed by atoms with van der Waals surface area (Å²) in [5.74, 6) is 1.47. The molecule has 122 valence electrons. The first-order valence-electron chi connectivity index (χ1n) is 7.26. The number of hydrogen-bond acceptors (Lipinski definition) is 5. The number of hydrogen-bond donors (Lipinski definition) is 3. The molecule has 3 N–H and O–H groups in total. The van der Waals surface area contributed by atoms with E-state index in [1.54, 1.807) is 0 Å². The quantitative estimate of drug-likeness (QED) is 0.731. The lowest BCUT2D eigenvalue weighted by Gasteiger charge is -2.19. The zero-order valence-electron chi connectivity index (χ0n) is 12.2. The Bertz CT molecular complexity index is 526. The third-order valence-electron chi connectivity index (χ3n) is 3.84. The van der Waals surface area contributed by atoms with Gasteiger partial charge in [0, 0.05) is 25.6 Å². The van der Waals surface area contributed by atoms with E-state index in [2.05, 4.69) is 10.6 Å². The molecule has 0 bridgehead atoms. The van der Waals surface area contributed by atoms with Crippen molar-refractivity contribution >= 4 is 18.3 Å². The van der Waals surface area contributed by atoms with Crippen molar-refractivity contribution in [3.8, 4) is 11.5 Å². The van der Waals surface area contributed by atoms with Crippen molar-refractivity contribution in [2.24, 2.45) is 5.92 Å². The molecule has 3 rings (SSSR count). The summed E-state index contributed by atoms with van der Waals surface area (Å²) in [6.07, 6.45) is -0.0769. The van der Waals surface area contributed by atoms with Gasteiger partial charge < -0.3 is 25.2 Å². The number of β-amino-alcohol motifs (C(OH)–C–C–N with tert-alkyl or cyclic N) is 1. The van der Waals surface area contributed by atoms with E-state index >= 15 is 0 Å². The predicted molar refractivity (Wildman–Crippen MR) is 83.8 cm³/mol. The van der Waals surface area contributed by atoms with Gasteiger partial charge in [0.25, 0.3) is 0 Å². The Morgan fingerprint density at radius 3 is 2.77 bits per heavy atom. The molecule has 2 atom stereocenters. The number of nitrogens with one attached hydrogen (secondary N) is 2. The summed E-state index contributed by atoms with van der Waals surface area (Å²) in [7, 11) is 0. The van der Waals surface area contributed by atoms with Gasteiger partial charge in [-0.25, -0.2) is 0 Å². The minimum atomic E-state index is -0.375. The average molecular weight is 329 g/mol. The highest BCUT2D eigenvalue weighted by atomic mass is 35.5. The molecule has 2 heterocycles. The number of carbonyl (C=O) groups is 1. The molecule has 2 aliphatic heterocycles. The van der Waals surface area contributed by atoms with Gasteiger partial charge in [-0.2, -0.15) is 0 Å². The molecular weight excluding hydrogens is 308 g/mol. The maximum Gasteiger partial charge on any atom is 0.224 e. The van der Waals surface area contributed by atoms with Crippen LogP contribution in [-0.2, 0) is 11.2 Å². The van der Waals surface area contributed by atoms with E-state index in [-0.39, 0.29) is 30.3 Å². The minimum Gasteiger partial charge on any atom is -0.486 e. The lowest BCUT2D eigenvalue weighted by Crippen LogP contribution is -2.35. The number of halogens is 1. The highest BCUT2D eigenvalue weighted by Crippen LogP contribution is 2.30. The summed E-state index contributed by atoms with van der Waals surface area (Å²) in [6.45, 7) is 2.94. The summed E-state index contributed by atoms with van der Waals surface area (Å²) < 4.78 is 11.0. The molecule has 0 saturated carbocycles. The van der Waals surface area contributed by atoms with Crippen molar-refractivity contribution in [2.75, 3.05) is 32.8 Å². The second-order valence-corrected chi connectivity index (χ2v) is 5.44. The van der Waals surface area contributed by atoms with E-state index in [0.29, 0.717) is 38.5 Å². The smallest absolute Gasteiger partial charge is 0.224 e. The summed E-state index contributed by atoms with van der Waals surface area (Å²) in [5.41, 5.74) is 0.891. The Balaban J connectivity index is 0.00000176. The molecule has 7 heteroatoms. The maximum atomic E-state index is 12.0. The van der Waals surface area contributed by atoms with E-state index < -0.39 is 0 Å². The summed E-state index contributed by atoms with van der Waals surface area (Å²) in [5, 5.41) is 15.7. The SMILES string of the molecule is Cl.O=C(Cc1ccc2c(c1)OCCO2)NCC1CNCC1O. The Morgan fingerprint density at radius 1 is 1.27 bits per heavy atom. The standard InChI is InChI=1S/C15H20N2O4.ClH/c18-12-9-16-7-11(12)8-17-15(19)6-10-1-2-13-14(5-10)21-4-3-20-13;/h1-2,5,11-12,16,18H,3-4,6-9H2,(H,17,19);1H. The van der Waals surface area contributed by atoms with Crippen molar-refractivity contribution in [1.29, 1.82) is 0 Å². The van der Waals surface area contributed by atoms with Crippen molar-refractivity contribution in [1.82, 2.24) is 10.6 Å². The van der Waals surface area contributed by atoms with Gasteiger partial charge in [0.2, 0.25) is 5.91 Å². The van der Waals surface area contributed by atoms with Crippen LogP contribution in [0.15, 0.2) is 18.2 Å². The van der Waals surface area contributed by atoms with Crippen molar-refractivity contribution in [2.45, 2.75) is 12.5 Å². The van der Waals surface area contributed by atoms with Crippen LogP contribution in [0.4, 0.5) is 0 Å². The highest BCUT2D eigenvalue weighted by Gasteiger charge is 2.25. The number of rotatable bonds is 4.